The summed E-state index contributed by atoms with van der Waals surface area (Å²) in [6.45, 7) is 3.13. The monoisotopic (exact) mass is 390 g/mol. The van der Waals surface area contributed by atoms with Gasteiger partial charge < -0.3 is 24.1 Å². The van der Waals surface area contributed by atoms with Gasteiger partial charge in [-0.1, -0.05) is 36.4 Å². The van der Waals surface area contributed by atoms with Crippen molar-refractivity contribution in [3.05, 3.63) is 83.2 Å². The first-order valence-electron chi connectivity index (χ1n) is 9.72. The molecule has 1 fully saturated rings. The second kappa shape index (κ2) is 7.29. The predicted molar refractivity (Wildman–Crippen MR) is 107 cm³/mol. The fourth-order valence-corrected chi connectivity index (χ4v) is 3.93. The normalized spacial score (nSPS) is 20.7. The number of morpholine rings is 1. The van der Waals surface area contributed by atoms with Crippen LogP contribution in [0.4, 0.5) is 0 Å². The molecule has 29 heavy (non-hydrogen) atoms. The number of carbonyl (C=O) groups excluding carboxylic acids is 1. The fraction of sp³-hybridized carbons (Fsp3) is 0.261. The number of hydrogen-bond acceptors (Lipinski definition) is 4. The van der Waals surface area contributed by atoms with Crippen molar-refractivity contribution in [2.75, 3.05) is 19.9 Å². The van der Waals surface area contributed by atoms with Crippen molar-refractivity contribution >= 4 is 5.91 Å². The Hall–Kier alpha value is -3.25. The Balaban J connectivity index is 1.47. The van der Waals surface area contributed by atoms with Crippen LogP contribution in [0.1, 0.15) is 39.4 Å². The number of carbonyl (C=O) groups is 1. The second-order valence-corrected chi connectivity index (χ2v) is 7.36. The summed E-state index contributed by atoms with van der Waals surface area (Å²) in [6, 6.07) is 17.7. The maximum Gasteiger partial charge on any atom is 0.255 e. The van der Waals surface area contributed by atoms with Crippen molar-refractivity contribution in [1.29, 1.82) is 0 Å². The van der Waals surface area contributed by atoms with Gasteiger partial charge in [-0.25, -0.2) is 0 Å². The van der Waals surface area contributed by atoms with Crippen LogP contribution in [-0.4, -0.2) is 35.7 Å². The number of aromatic amines is 1. The summed E-state index contributed by atoms with van der Waals surface area (Å²) in [5, 5.41) is 0. The van der Waals surface area contributed by atoms with Crippen LogP contribution in [0.2, 0.25) is 0 Å². The molecule has 6 heteroatoms. The Bertz CT molecular complexity index is 1030. The third-order valence-corrected chi connectivity index (χ3v) is 5.51. The molecule has 2 aliphatic heterocycles. The lowest BCUT2D eigenvalue weighted by atomic mass is 10.0. The van der Waals surface area contributed by atoms with E-state index < -0.39 is 0 Å². The van der Waals surface area contributed by atoms with Crippen molar-refractivity contribution in [3.8, 4) is 11.5 Å². The van der Waals surface area contributed by atoms with Gasteiger partial charge in [0.05, 0.1) is 18.7 Å². The number of nitrogens with zero attached hydrogens (tertiary/aromatic N) is 1. The van der Waals surface area contributed by atoms with Gasteiger partial charge >= 0.3 is 0 Å². The molecule has 1 saturated heterocycles. The number of aromatic nitrogens is 1. The molecule has 2 atom stereocenters. The van der Waals surface area contributed by atoms with E-state index in [1.54, 1.807) is 6.20 Å². The summed E-state index contributed by atoms with van der Waals surface area (Å²) < 4.78 is 17.4. The average Bonchev–Trinajstić information content (AvgIpc) is 3.41. The van der Waals surface area contributed by atoms with Gasteiger partial charge in [0, 0.05) is 11.9 Å². The molecule has 3 heterocycles. The third-order valence-electron chi connectivity index (χ3n) is 5.51. The van der Waals surface area contributed by atoms with E-state index in [4.69, 9.17) is 14.2 Å². The number of amides is 1. The van der Waals surface area contributed by atoms with E-state index in [-0.39, 0.29) is 24.9 Å². The Labute approximate surface area is 169 Å². The van der Waals surface area contributed by atoms with Crippen LogP contribution in [0.5, 0.6) is 11.5 Å². The van der Waals surface area contributed by atoms with E-state index in [1.807, 2.05) is 66.4 Å². The summed E-state index contributed by atoms with van der Waals surface area (Å²) in [5.74, 6) is 1.46. The fourth-order valence-electron chi connectivity index (χ4n) is 3.93. The van der Waals surface area contributed by atoms with Gasteiger partial charge in [-0.3, -0.25) is 4.79 Å². The van der Waals surface area contributed by atoms with E-state index in [2.05, 4.69) is 4.98 Å². The predicted octanol–water partition coefficient (Wildman–Crippen LogP) is 4.01. The highest BCUT2D eigenvalue weighted by molar-refractivity contribution is 5.95. The van der Waals surface area contributed by atoms with Gasteiger partial charge in [0.15, 0.2) is 11.5 Å². The number of fused-ring (bicyclic) bond motifs is 1. The molecule has 0 aliphatic carbocycles. The van der Waals surface area contributed by atoms with Crippen LogP contribution in [0.25, 0.3) is 0 Å². The largest absolute Gasteiger partial charge is 0.454 e. The molecule has 2 aliphatic rings. The number of rotatable bonds is 3. The molecule has 3 aromatic rings. The first kappa shape index (κ1) is 17.8. The topological polar surface area (TPSA) is 63.8 Å². The van der Waals surface area contributed by atoms with Gasteiger partial charge in [-0.2, -0.15) is 0 Å². The Morgan fingerprint density at radius 3 is 2.48 bits per heavy atom. The van der Waals surface area contributed by atoms with Gasteiger partial charge in [0.2, 0.25) is 6.79 Å². The molecule has 1 aromatic heterocycles. The molecule has 5 rings (SSSR count). The average molecular weight is 390 g/mol. The van der Waals surface area contributed by atoms with Crippen LogP contribution in [-0.2, 0) is 4.74 Å². The summed E-state index contributed by atoms with van der Waals surface area (Å²) in [7, 11) is 0. The first-order valence-corrected chi connectivity index (χ1v) is 9.72. The minimum atomic E-state index is -0.258. The quantitative estimate of drug-likeness (QED) is 0.734. The second-order valence-electron chi connectivity index (χ2n) is 7.36. The number of H-pyrrole nitrogens is 1. The zero-order valence-electron chi connectivity index (χ0n) is 16.1. The molecule has 0 spiro atoms. The zero-order valence-corrected chi connectivity index (χ0v) is 16.1. The van der Waals surface area contributed by atoms with E-state index in [0.29, 0.717) is 24.4 Å². The molecule has 0 bridgehead atoms. The summed E-state index contributed by atoms with van der Waals surface area (Å²) in [6.07, 6.45) is 1.34. The molecule has 0 unspecified atom stereocenters. The summed E-state index contributed by atoms with van der Waals surface area (Å²) in [5.41, 5.74) is 3.60. The van der Waals surface area contributed by atoms with Gasteiger partial charge in [-0.05, 0) is 36.2 Å². The van der Waals surface area contributed by atoms with Crippen molar-refractivity contribution in [2.45, 2.75) is 19.1 Å². The molecule has 1 amide bonds. The lowest BCUT2D eigenvalue weighted by Crippen LogP contribution is -2.43. The van der Waals surface area contributed by atoms with E-state index >= 15 is 0 Å². The molecule has 0 radical (unpaired) electrons. The van der Waals surface area contributed by atoms with Crippen LogP contribution in [0.15, 0.2) is 60.8 Å². The van der Waals surface area contributed by atoms with Gasteiger partial charge in [0.25, 0.3) is 5.91 Å². The lowest BCUT2D eigenvalue weighted by molar-refractivity contribution is -0.0797. The molecule has 0 saturated carbocycles. The van der Waals surface area contributed by atoms with Crippen LogP contribution >= 0.6 is 0 Å². The highest BCUT2D eigenvalue weighted by Crippen LogP contribution is 2.39. The maximum absolute atomic E-state index is 13.2. The molecular weight excluding hydrogens is 368 g/mol. The first-order chi connectivity index (χ1) is 14.2. The minimum Gasteiger partial charge on any atom is -0.454 e. The van der Waals surface area contributed by atoms with Crippen molar-refractivity contribution < 1.29 is 19.0 Å². The minimum absolute atomic E-state index is 0.0127. The smallest absolute Gasteiger partial charge is 0.255 e. The van der Waals surface area contributed by atoms with E-state index in [1.165, 1.54) is 0 Å². The lowest BCUT2D eigenvalue weighted by Gasteiger charge is -2.38. The maximum atomic E-state index is 13.2. The Kier molecular flexibility index (Phi) is 4.48. The highest BCUT2D eigenvalue weighted by atomic mass is 16.7. The SMILES string of the molecule is Cc1[nH]ccc1C(=O)N1C[C@@H](c2ccccc2)O[C@@H](c2ccc3c(c2)OCO3)C1. The summed E-state index contributed by atoms with van der Waals surface area (Å²) >= 11 is 0. The van der Waals surface area contributed by atoms with Gasteiger partial charge in [-0.15, -0.1) is 0 Å². The standard InChI is InChI=1S/C23H22N2O4/c1-15-18(9-10-24-15)23(26)25-12-21(16-5-3-2-4-6-16)29-22(13-25)17-7-8-19-20(11-17)28-14-27-19/h2-11,21-22,24H,12-14H2,1H3/t21-,22+/m0/s1. The van der Waals surface area contributed by atoms with Gasteiger partial charge in [0.1, 0.15) is 12.2 Å². The molecular formula is C23H22N2O4. The third kappa shape index (κ3) is 3.36. The molecule has 2 aromatic carbocycles. The summed E-state index contributed by atoms with van der Waals surface area (Å²) in [4.78, 5) is 18.2. The molecule has 148 valence electrons. The Morgan fingerprint density at radius 2 is 1.72 bits per heavy atom. The highest BCUT2D eigenvalue weighted by Gasteiger charge is 2.34. The molecule has 6 nitrogen and oxygen atoms in total. The van der Waals surface area contributed by atoms with E-state index in [0.717, 1.165) is 22.6 Å². The Morgan fingerprint density at radius 1 is 0.966 bits per heavy atom. The van der Waals surface area contributed by atoms with Crippen LogP contribution in [0.3, 0.4) is 0 Å². The number of ether oxygens (including phenoxy) is 3. The number of aryl methyl sites for hydroxylation is 1. The van der Waals surface area contributed by atoms with Crippen LogP contribution < -0.4 is 9.47 Å². The number of benzene rings is 2. The number of nitrogens with one attached hydrogen (secondary N) is 1. The van der Waals surface area contributed by atoms with Crippen LogP contribution in [0, 0.1) is 6.92 Å². The van der Waals surface area contributed by atoms with Crippen molar-refractivity contribution in [1.82, 2.24) is 9.88 Å². The van der Waals surface area contributed by atoms with Crippen molar-refractivity contribution in [3.63, 3.8) is 0 Å². The van der Waals surface area contributed by atoms with Crippen molar-refractivity contribution in [2.24, 2.45) is 0 Å². The zero-order chi connectivity index (χ0) is 19.8. The van der Waals surface area contributed by atoms with E-state index in [9.17, 15) is 4.79 Å². The number of hydrogen-bond donors (Lipinski definition) is 1. The molecule has 1 N–H and O–H groups in total.